The topological polar surface area (TPSA) is 119 Å². The van der Waals surface area contributed by atoms with Gasteiger partial charge in [-0.1, -0.05) is 6.07 Å². The maximum Gasteiger partial charge on any atom is 0.327 e. The molecule has 1 rings (SSSR count). The summed E-state index contributed by atoms with van der Waals surface area (Å²) in [6, 6.07) is 1.15. The lowest BCUT2D eigenvalue weighted by molar-refractivity contribution is -0.160. The maximum absolute atomic E-state index is 13.7. The van der Waals surface area contributed by atoms with E-state index in [1.165, 1.54) is 13.8 Å². The molecule has 0 bridgehead atoms. The van der Waals surface area contributed by atoms with Gasteiger partial charge in [-0.3, -0.25) is 14.4 Å². The second-order valence-electron chi connectivity index (χ2n) is 5.63. The summed E-state index contributed by atoms with van der Waals surface area (Å²) in [7, 11) is 0. The van der Waals surface area contributed by atoms with Crippen molar-refractivity contribution in [2.24, 2.45) is 5.92 Å². The Hall–Kier alpha value is -3.04. The van der Waals surface area contributed by atoms with Crippen LogP contribution in [0.15, 0.2) is 18.2 Å². The van der Waals surface area contributed by atoms with E-state index in [0.29, 0.717) is 0 Å². The Bertz CT molecular complexity index is 718. The summed E-state index contributed by atoms with van der Waals surface area (Å²) in [6.45, 7) is 2.93. The summed E-state index contributed by atoms with van der Waals surface area (Å²) >= 11 is 0. The van der Waals surface area contributed by atoms with Gasteiger partial charge >= 0.3 is 17.9 Å². The summed E-state index contributed by atoms with van der Waals surface area (Å²) in [5.41, 5.74) is -0.554. The Morgan fingerprint density at radius 3 is 2.14 bits per heavy atom. The lowest BCUT2D eigenvalue weighted by Gasteiger charge is -2.23. The van der Waals surface area contributed by atoms with Crippen LogP contribution in [0.1, 0.15) is 25.8 Å². The zero-order valence-electron chi connectivity index (χ0n) is 15.4. The van der Waals surface area contributed by atoms with Gasteiger partial charge in [0.15, 0.2) is 0 Å². The van der Waals surface area contributed by atoms with Crippen molar-refractivity contribution in [3.05, 3.63) is 35.4 Å². The van der Waals surface area contributed by atoms with Gasteiger partial charge in [0.05, 0.1) is 32.0 Å². The summed E-state index contributed by atoms with van der Waals surface area (Å²) in [6.07, 6.45) is -1.45. The van der Waals surface area contributed by atoms with Crippen LogP contribution in [-0.4, -0.2) is 48.2 Å². The molecule has 0 heterocycles. The Labute approximate surface area is 159 Å². The van der Waals surface area contributed by atoms with Crippen LogP contribution in [0.5, 0.6) is 0 Å². The monoisotopic (exact) mass is 401 g/mol. The number of carbonyl (C=O) groups is 4. The van der Waals surface area contributed by atoms with Gasteiger partial charge < -0.3 is 19.9 Å². The van der Waals surface area contributed by atoms with E-state index in [-0.39, 0.29) is 13.2 Å². The minimum atomic E-state index is -1.86. The molecule has 1 amide bonds. The van der Waals surface area contributed by atoms with Gasteiger partial charge in [0.25, 0.3) is 0 Å². The van der Waals surface area contributed by atoms with Crippen LogP contribution in [0.25, 0.3) is 0 Å². The molecule has 8 nitrogen and oxygen atoms in total. The molecule has 28 heavy (non-hydrogen) atoms. The van der Waals surface area contributed by atoms with E-state index in [1.807, 2.05) is 5.32 Å². The number of carboxylic acid groups (broad SMARTS) is 1. The molecule has 0 aliphatic rings. The van der Waals surface area contributed by atoms with Gasteiger partial charge in [-0.2, -0.15) is 0 Å². The molecule has 0 aliphatic heterocycles. The van der Waals surface area contributed by atoms with Crippen LogP contribution in [-0.2, 0) is 35.1 Å². The Kier molecular flexibility index (Phi) is 9.00. The van der Waals surface area contributed by atoms with Crippen molar-refractivity contribution in [2.45, 2.75) is 32.7 Å². The normalized spacial score (nSPS) is 12.6. The fourth-order valence-electron chi connectivity index (χ4n) is 2.41. The fourth-order valence-corrected chi connectivity index (χ4v) is 2.41. The number of ether oxygens (including phenoxy) is 2. The maximum atomic E-state index is 13.7. The number of esters is 2. The lowest BCUT2D eigenvalue weighted by Crippen LogP contribution is -2.50. The minimum Gasteiger partial charge on any atom is -0.480 e. The quantitative estimate of drug-likeness (QED) is 0.566. The molecule has 0 aromatic heterocycles. The number of nitrogens with one attached hydrogen (secondary N) is 1. The average molecular weight is 401 g/mol. The molecule has 0 aliphatic carbocycles. The molecule has 10 heteroatoms. The van der Waals surface area contributed by atoms with Crippen molar-refractivity contribution < 1.29 is 42.5 Å². The molecule has 154 valence electrons. The Morgan fingerprint density at radius 1 is 1.07 bits per heavy atom. The molecule has 0 saturated carbocycles. The minimum absolute atomic E-state index is 0.00500. The highest BCUT2D eigenvalue weighted by Gasteiger charge is 2.38. The Morgan fingerprint density at radius 2 is 1.64 bits per heavy atom. The first-order chi connectivity index (χ1) is 13.2. The zero-order chi connectivity index (χ0) is 21.3. The lowest BCUT2D eigenvalue weighted by atomic mass is 9.95. The number of halogens is 2. The standard InChI is InChI=1S/C18H21F2NO7/c1-3-27-15(23)9-11(18(26)28-4-2)16(17(24)25)21-14(22)8-10-12(19)6-5-7-13(10)20/h5-7,11,16H,3-4,8-9H2,1-2H3,(H,21,22)(H,24,25)/t11-,16+/m1/s1. The second kappa shape index (κ2) is 11.0. The highest BCUT2D eigenvalue weighted by molar-refractivity contribution is 5.91. The van der Waals surface area contributed by atoms with Crippen LogP contribution in [0.3, 0.4) is 0 Å². The molecule has 0 spiro atoms. The number of hydrogen-bond donors (Lipinski definition) is 2. The molecule has 1 aromatic rings. The predicted molar refractivity (Wildman–Crippen MR) is 91.0 cm³/mol. The number of benzene rings is 1. The van der Waals surface area contributed by atoms with E-state index in [1.54, 1.807) is 0 Å². The van der Waals surface area contributed by atoms with Crippen LogP contribution in [0.4, 0.5) is 8.78 Å². The summed E-state index contributed by atoms with van der Waals surface area (Å²) < 4.78 is 36.8. The molecule has 2 atom stereocenters. The van der Waals surface area contributed by atoms with Gasteiger partial charge in [-0.25, -0.2) is 13.6 Å². The van der Waals surface area contributed by atoms with E-state index < -0.39 is 65.8 Å². The molecular weight excluding hydrogens is 380 g/mol. The van der Waals surface area contributed by atoms with Gasteiger partial charge in [-0.05, 0) is 26.0 Å². The predicted octanol–water partition coefficient (Wildman–Crippen LogP) is 1.21. The number of aliphatic carboxylic acids is 1. The second-order valence-corrected chi connectivity index (χ2v) is 5.63. The molecule has 1 aromatic carbocycles. The third kappa shape index (κ3) is 6.60. The van der Waals surface area contributed by atoms with Crippen LogP contribution < -0.4 is 5.32 Å². The van der Waals surface area contributed by atoms with E-state index >= 15 is 0 Å². The molecule has 2 N–H and O–H groups in total. The molecule has 0 radical (unpaired) electrons. The number of amides is 1. The van der Waals surface area contributed by atoms with E-state index in [9.17, 15) is 33.1 Å². The third-order valence-corrected chi connectivity index (χ3v) is 3.67. The zero-order valence-corrected chi connectivity index (χ0v) is 15.4. The van der Waals surface area contributed by atoms with Gasteiger partial charge in [0, 0.05) is 5.56 Å². The molecular formula is C18H21F2NO7. The van der Waals surface area contributed by atoms with Crippen molar-refractivity contribution in [1.82, 2.24) is 5.32 Å². The van der Waals surface area contributed by atoms with Crippen molar-refractivity contribution >= 4 is 23.8 Å². The summed E-state index contributed by atoms with van der Waals surface area (Å²) in [4.78, 5) is 47.6. The van der Waals surface area contributed by atoms with Crippen molar-refractivity contribution in [2.75, 3.05) is 13.2 Å². The van der Waals surface area contributed by atoms with E-state index in [2.05, 4.69) is 0 Å². The van der Waals surface area contributed by atoms with Crippen molar-refractivity contribution in [3.8, 4) is 0 Å². The molecule has 0 fully saturated rings. The first kappa shape index (κ1) is 23.0. The highest BCUT2D eigenvalue weighted by Crippen LogP contribution is 2.16. The number of hydrogen-bond acceptors (Lipinski definition) is 6. The van der Waals surface area contributed by atoms with Gasteiger partial charge in [0.2, 0.25) is 5.91 Å². The van der Waals surface area contributed by atoms with Crippen molar-refractivity contribution in [1.29, 1.82) is 0 Å². The average Bonchev–Trinajstić information content (AvgIpc) is 2.61. The van der Waals surface area contributed by atoms with Crippen LogP contribution >= 0.6 is 0 Å². The van der Waals surface area contributed by atoms with Crippen molar-refractivity contribution in [3.63, 3.8) is 0 Å². The van der Waals surface area contributed by atoms with Crippen LogP contribution in [0, 0.1) is 17.6 Å². The largest absolute Gasteiger partial charge is 0.480 e. The SMILES string of the molecule is CCOC(=O)C[C@@H](C(=O)OCC)[C@H](NC(=O)Cc1c(F)cccc1F)C(=O)O. The summed E-state index contributed by atoms with van der Waals surface area (Å²) in [5.74, 6) is -8.09. The first-order valence-corrected chi connectivity index (χ1v) is 8.48. The van der Waals surface area contributed by atoms with E-state index in [0.717, 1.165) is 18.2 Å². The number of rotatable bonds is 10. The first-order valence-electron chi connectivity index (χ1n) is 8.48. The summed E-state index contributed by atoms with van der Waals surface area (Å²) in [5, 5.41) is 11.4. The number of carbonyl (C=O) groups excluding carboxylic acids is 3. The molecule has 0 unspecified atom stereocenters. The third-order valence-electron chi connectivity index (χ3n) is 3.67. The van der Waals surface area contributed by atoms with Gasteiger partial charge in [0.1, 0.15) is 17.7 Å². The number of carboxylic acids is 1. The molecule has 0 saturated heterocycles. The smallest absolute Gasteiger partial charge is 0.327 e. The highest BCUT2D eigenvalue weighted by atomic mass is 19.1. The van der Waals surface area contributed by atoms with Crippen LogP contribution in [0.2, 0.25) is 0 Å². The Balaban J connectivity index is 3.02. The van der Waals surface area contributed by atoms with E-state index in [4.69, 9.17) is 9.47 Å². The fraction of sp³-hybridized carbons (Fsp3) is 0.444. The van der Waals surface area contributed by atoms with Gasteiger partial charge in [-0.15, -0.1) is 0 Å².